The number of ether oxygens (including phenoxy) is 14. The van der Waals surface area contributed by atoms with Crippen molar-refractivity contribution in [2.75, 3.05) is 83.3 Å². The third-order valence-electron chi connectivity index (χ3n) is 26.4. The Balaban J connectivity index is 0.000000294. The van der Waals surface area contributed by atoms with Crippen LogP contribution in [0.4, 0.5) is 4.79 Å². The molecular formula is C107H149NO33Si. The van der Waals surface area contributed by atoms with Gasteiger partial charge in [-0.3, -0.25) is 57.5 Å². The van der Waals surface area contributed by atoms with Crippen molar-refractivity contribution in [1.82, 2.24) is 5.32 Å². The van der Waals surface area contributed by atoms with Crippen LogP contribution in [-0.2, 0) is 157 Å². The van der Waals surface area contributed by atoms with Crippen LogP contribution in [0.15, 0.2) is 177 Å². The Hall–Kier alpha value is -11.4. The quantitative estimate of drug-likeness (QED) is 0.0101. The first-order valence-corrected chi connectivity index (χ1v) is 51.3. The van der Waals surface area contributed by atoms with Crippen LogP contribution >= 0.6 is 0 Å². The van der Waals surface area contributed by atoms with Crippen molar-refractivity contribution in [3.05, 3.63) is 205 Å². The summed E-state index contributed by atoms with van der Waals surface area (Å²) in [6.45, 7) is 17.2. The number of nitrogens with one attached hydrogen (secondary N) is 1. The highest BCUT2D eigenvalue weighted by molar-refractivity contribution is 6.76. The zero-order valence-electron chi connectivity index (χ0n) is 83.1. The first-order chi connectivity index (χ1) is 67.5. The molecule has 3 spiro atoms. The maximum atomic E-state index is 12.5. The monoisotopic (exact) mass is 2000 g/mol. The number of esters is 10. The molecule has 5 aromatic carbocycles. The third-order valence-corrected chi connectivity index (χ3v) is 27.9. The molecule has 34 nitrogen and oxygen atoms in total. The van der Waals surface area contributed by atoms with Gasteiger partial charge < -0.3 is 102 Å². The molecule has 142 heavy (non-hydrogen) atoms. The van der Waals surface area contributed by atoms with Crippen LogP contribution in [-0.4, -0.2) is 234 Å². The van der Waals surface area contributed by atoms with E-state index < -0.39 is 138 Å². The number of alkyl carbamates (subject to hydrolysis) is 1. The maximum absolute atomic E-state index is 12.5. The Morgan fingerprint density at radius 3 is 0.944 bits per heavy atom. The van der Waals surface area contributed by atoms with E-state index in [0.717, 1.165) is 80.6 Å². The number of carbonyl (C=O) groups is 13. The molecule has 3 aliphatic heterocycles. The molecule has 35 heteroatoms. The zero-order valence-corrected chi connectivity index (χ0v) is 84.1. The number of rotatable bonds is 29. The van der Waals surface area contributed by atoms with Gasteiger partial charge in [-0.15, -0.1) is 13.2 Å². The lowest BCUT2D eigenvalue weighted by atomic mass is 9.94. The van der Waals surface area contributed by atoms with Crippen LogP contribution in [0.25, 0.3) is 0 Å². The van der Waals surface area contributed by atoms with E-state index in [0.29, 0.717) is 77.6 Å². The van der Waals surface area contributed by atoms with Crippen LogP contribution in [0.5, 0.6) is 0 Å². The molecule has 14 rings (SSSR count). The lowest BCUT2D eigenvalue weighted by molar-refractivity contribution is -0.158. The summed E-state index contributed by atoms with van der Waals surface area (Å²) in [5.41, 5.74) is 1.12. The normalized spacial score (nSPS) is 26.3. The molecule has 5 unspecified atom stereocenters. The summed E-state index contributed by atoms with van der Waals surface area (Å²) in [4.78, 5) is 155. The molecule has 6 saturated carbocycles. The fourth-order valence-electron chi connectivity index (χ4n) is 19.5. The summed E-state index contributed by atoms with van der Waals surface area (Å²) < 4.78 is 72.5. The van der Waals surface area contributed by atoms with E-state index in [1.165, 1.54) is 48.7 Å². The van der Waals surface area contributed by atoms with Crippen molar-refractivity contribution in [1.29, 1.82) is 0 Å². The average Bonchev–Trinajstić information content (AvgIpc) is 1.60. The van der Waals surface area contributed by atoms with E-state index in [4.69, 9.17) is 77.3 Å². The Bertz CT molecular complexity index is 4750. The number of hydrogen-bond donors (Lipinski definition) is 7. The second kappa shape index (κ2) is 60.9. The Kier molecular flexibility index (Phi) is 51.9. The number of ketones is 1. The molecule has 6 aliphatic carbocycles. The standard InChI is InChI=1S/C18H23NO5.C18H24O6.2C18H22O5.C15H16O5.C11H16O5.C6H14Si.2CH4O.CH4/c1-22-16(20)14-10-18(8-5-9-24-18)11-15(14)19-17(21)23-12-13-6-3-2-4-7-13;1-23-16(20)14-10-18(22,8-5-9-19)11-15(14)17(21)24-12-13-6-3-2-4-7-13;1-21-16(19)14-10-18(8-5-9-23-18)11-15(14)17(20)22-12-13-6-3-2-4-7-13;1-3-9-18(21)10-14(16(19)22-2)15(11-18)17(20)23-12-13-7-5-4-6-8-13;1-19-14(17)12-7-11(16)8-13(12)15(18)20-9-10-5-3-2-4-6-10;1-15-10(14)8-6-11(3-2-4-16-11)5-7(8)9(12)13;1-5-6-7(2,3)4;2*1-2;/h2-4,6-7,14-15H,5,8-12H2,1H3,(H,19,21);2-4,6-7,14-15,19,22H,5,8-12H2,1H3;2-4,6-7,14-15H,5,8-12H2,1H3;3-8,14-15,21H,1,9-12H2,2H3;2-6,12-13H,7-9H2,1H3;7-8H,2-6H2,1H3,(H,12,13);5H,1,6H2,2-4H3;2*2H,1H3;1H4/t4*14-,15+,18?;12-,13+;7-,8+,11?;;;;/m000001..../s1. The lowest BCUT2D eigenvalue weighted by Gasteiger charge is -2.22. The lowest BCUT2D eigenvalue weighted by Crippen LogP contribution is -2.41. The van der Waals surface area contributed by atoms with Crippen LogP contribution in [0.3, 0.4) is 0 Å². The predicted octanol–water partition coefficient (Wildman–Crippen LogP) is 13.2. The maximum Gasteiger partial charge on any atom is 0.407 e. The fraction of sp³-hybridized carbons (Fsp3) is 0.561. The number of aliphatic carboxylic acids is 1. The van der Waals surface area contributed by atoms with Gasteiger partial charge >= 0.3 is 71.8 Å². The number of benzene rings is 5. The van der Waals surface area contributed by atoms with Crippen molar-refractivity contribution in [3.8, 4) is 0 Å². The molecule has 9 fully saturated rings. The van der Waals surface area contributed by atoms with Crippen molar-refractivity contribution in [2.45, 2.75) is 235 Å². The number of carboxylic acids is 1. The molecule has 784 valence electrons. The highest BCUT2D eigenvalue weighted by atomic mass is 28.3. The molecule has 0 radical (unpaired) electrons. The van der Waals surface area contributed by atoms with E-state index in [1.54, 1.807) is 6.08 Å². The number of aliphatic hydroxyl groups excluding tert-OH is 3. The molecule has 9 aliphatic rings. The van der Waals surface area contributed by atoms with Crippen molar-refractivity contribution in [2.24, 2.45) is 65.1 Å². The van der Waals surface area contributed by atoms with Crippen LogP contribution < -0.4 is 5.32 Å². The summed E-state index contributed by atoms with van der Waals surface area (Å²) in [6.07, 6.45) is 13.7. The van der Waals surface area contributed by atoms with Crippen molar-refractivity contribution in [3.63, 3.8) is 0 Å². The van der Waals surface area contributed by atoms with E-state index in [2.05, 4.69) is 47.6 Å². The van der Waals surface area contributed by atoms with Crippen LogP contribution in [0, 0.1) is 65.1 Å². The minimum Gasteiger partial charge on any atom is -0.481 e. The summed E-state index contributed by atoms with van der Waals surface area (Å²) in [6, 6.07) is 47.7. The summed E-state index contributed by atoms with van der Waals surface area (Å²) >= 11 is 0. The van der Waals surface area contributed by atoms with Gasteiger partial charge in [-0.05, 0) is 156 Å². The highest BCUT2D eigenvalue weighted by Gasteiger charge is 2.58. The number of hydrogen-bond acceptors (Lipinski definition) is 32. The summed E-state index contributed by atoms with van der Waals surface area (Å²) in [7, 11) is 9.03. The van der Waals surface area contributed by atoms with Gasteiger partial charge in [-0.2, -0.15) is 0 Å². The SMILES string of the molecule is C.C=CCC1(O)C[C@H](C(=O)OC)[C@H](C(=O)OCc2ccccc2)C1.C=CC[Si](C)(C)C.CO.CO.COC(=O)[C@H]1CC(=O)C[C@H]1C(=O)OCc1ccccc1.COC(=O)[C@H]1CC(O)(CCCO)C[C@H]1C(=O)OCc1ccccc1.COC(=O)[C@H]1CC2(CCCO2)C[C@H]1C(=O)O.COC(=O)[C@H]1CC2(CCCO2)C[C@H]1C(=O)OCc1ccccc1.COC(=O)[C@H]1CC2(CCCO2)C[C@H]1NC(=O)OCc1ccccc1. The van der Waals surface area contributed by atoms with E-state index in [-0.39, 0.29) is 132 Å². The first kappa shape index (κ1) is 121. The summed E-state index contributed by atoms with van der Waals surface area (Å²) in [5, 5.41) is 56.0. The second-order valence-electron chi connectivity index (χ2n) is 37.5. The zero-order chi connectivity index (χ0) is 104. The van der Waals surface area contributed by atoms with E-state index in [1.807, 2.05) is 158 Å². The number of aliphatic hydroxyl groups is 5. The average molecular weight is 2010 g/mol. The topological polar surface area (TPSA) is 485 Å². The molecule has 3 saturated heterocycles. The predicted molar refractivity (Wildman–Crippen MR) is 523 cm³/mol. The van der Waals surface area contributed by atoms with Gasteiger partial charge in [0, 0.05) is 67.6 Å². The molecule has 17 atom stereocenters. The van der Waals surface area contributed by atoms with E-state index >= 15 is 0 Å². The van der Waals surface area contributed by atoms with Crippen molar-refractivity contribution >= 4 is 85.6 Å². The van der Waals surface area contributed by atoms with Gasteiger partial charge in [-0.1, -0.05) is 191 Å². The number of methoxy groups -OCH3 is 6. The van der Waals surface area contributed by atoms with Gasteiger partial charge in [0.25, 0.3) is 0 Å². The number of allylic oxidation sites excluding steroid dienone is 1. The van der Waals surface area contributed by atoms with Gasteiger partial charge in [-0.25, -0.2) is 4.79 Å². The first-order valence-electron chi connectivity index (χ1n) is 47.6. The molecule has 1 amide bonds. The van der Waals surface area contributed by atoms with Crippen LogP contribution in [0.1, 0.15) is 170 Å². The molecule has 3 heterocycles. The minimum atomic E-state index is -1.15. The van der Waals surface area contributed by atoms with Gasteiger partial charge in [0.1, 0.15) is 38.8 Å². The number of carboxylic acid groups (broad SMARTS) is 1. The summed E-state index contributed by atoms with van der Waals surface area (Å²) in [5.74, 6) is -12.3. The Labute approximate surface area is 834 Å². The number of Topliss-reactive ketones (excluding diaryl/α,β-unsaturated/α-hetero) is 1. The minimum absolute atomic E-state index is 0. The smallest absolute Gasteiger partial charge is 0.407 e. The Morgan fingerprint density at radius 2 is 0.648 bits per heavy atom. The highest BCUT2D eigenvalue weighted by Crippen LogP contribution is 2.51. The molecule has 7 N–H and O–H groups in total. The number of amides is 1. The Morgan fingerprint density at radius 1 is 0.380 bits per heavy atom. The number of carbonyl (C=O) groups excluding carboxylic acids is 12. The fourth-order valence-corrected chi connectivity index (χ4v) is 20.4. The van der Waals surface area contributed by atoms with Gasteiger partial charge in [0.05, 0.1) is 136 Å². The molecular weight excluding hydrogens is 1860 g/mol. The third kappa shape index (κ3) is 37.7. The molecule has 0 aromatic heterocycles. The van der Waals surface area contributed by atoms with E-state index in [9.17, 15) is 72.5 Å². The second-order valence-corrected chi connectivity index (χ2v) is 43.1. The molecule has 5 aromatic rings. The van der Waals surface area contributed by atoms with Crippen molar-refractivity contribution < 1.29 is 159 Å². The largest absolute Gasteiger partial charge is 0.481 e. The van der Waals surface area contributed by atoms with Crippen LogP contribution in [0.2, 0.25) is 25.7 Å². The van der Waals surface area contributed by atoms with Gasteiger partial charge in [0.2, 0.25) is 0 Å². The molecule has 0 bridgehead atoms. The van der Waals surface area contributed by atoms with Gasteiger partial charge in [0.15, 0.2) is 0 Å².